The molecule has 1 aliphatic heterocycles. The third-order valence-electron chi connectivity index (χ3n) is 6.02. The van der Waals surface area contributed by atoms with Crippen molar-refractivity contribution in [2.24, 2.45) is 10.7 Å². The normalized spacial score (nSPS) is 14.7. The van der Waals surface area contributed by atoms with E-state index < -0.39 is 17.8 Å². The van der Waals surface area contributed by atoms with Gasteiger partial charge in [0, 0.05) is 23.4 Å². The number of nitrogens with two attached hydrogens (primary N) is 1. The van der Waals surface area contributed by atoms with Crippen LogP contribution in [-0.2, 0) is 6.54 Å². The molecular weight excluding hydrogens is 445 g/mol. The number of carbonyl (C=O) groups excluding carboxylic acids is 2. The van der Waals surface area contributed by atoms with Gasteiger partial charge in [0.2, 0.25) is 11.7 Å². The standard InChI is InChI=1S/C27H22FN5O2/c1-30-13-18-5-2-3-8-20(18)16-9-10-21(22(28)12-16)24-26(34)25-23(14-31-24)32-15-33(25)19-7-4-6-17(11-19)27(29)35/h2-12,14-15,24,30H,13H2,1H3,(H2,29,35). The molecule has 4 aromatic rings. The molecule has 0 fully saturated rings. The summed E-state index contributed by atoms with van der Waals surface area (Å²) in [4.78, 5) is 33.7. The van der Waals surface area contributed by atoms with Crippen LogP contribution in [0.15, 0.2) is 78.0 Å². The van der Waals surface area contributed by atoms with E-state index >= 15 is 4.39 Å². The number of carbonyl (C=O) groups is 2. The predicted molar refractivity (Wildman–Crippen MR) is 131 cm³/mol. The van der Waals surface area contributed by atoms with Gasteiger partial charge in [-0.15, -0.1) is 0 Å². The summed E-state index contributed by atoms with van der Waals surface area (Å²) in [6.45, 7) is 0.647. The minimum Gasteiger partial charge on any atom is -0.366 e. The molecule has 0 radical (unpaired) electrons. The van der Waals surface area contributed by atoms with Gasteiger partial charge in [-0.2, -0.15) is 0 Å². The first-order chi connectivity index (χ1) is 17.0. The Morgan fingerprint density at radius 2 is 1.94 bits per heavy atom. The van der Waals surface area contributed by atoms with Crippen LogP contribution >= 0.6 is 0 Å². The van der Waals surface area contributed by atoms with Crippen molar-refractivity contribution in [3.05, 3.63) is 107 Å². The number of Topliss-reactive ketones (excluding diaryl/α,β-unsaturated/α-hetero) is 1. The average molecular weight is 468 g/mol. The van der Waals surface area contributed by atoms with Gasteiger partial charge in [-0.3, -0.25) is 19.1 Å². The van der Waals surface area contributed by atoms with E-state index in [1.807, 2.05) is 31.3 Å². The lowest BCUT2D eigenvalue weighted by Crippen LogP contribution is -2.21. The third-order valence-corrected chi connectivity index (χ3v) is 6.02. The van der Waals surface area contributed by atoms with Crippen LogP contribution in [0.1, 0.15) is 43.7 Å². The summed E-state index contributed by atoms with van der Waals surface area (Å²) in [5, 5.41) is 3.12. The van der Waals surface area contributed by atoms with E-state index in [4.69, 9.17) is 5.73 Å². The molecule has 1 unspecified atom stereocenters. The van der Waals surface area contributed by atoms with Crippen LogP contribution in [0, 0.1) is 5.82 Å². The molecule has 0 spiro atoms. The summed E-state index contributed by atoms with van der Waals surface area (Å²) < 4.78 is 16.9. The zero-order valence-electron chi connectivity index (χ0n) is 18.9. The second-order valence-electron chi connectivity index (χ2n) is 8.23. The predicted octanol–water partition coefficient (Wildman–Crippen LogP) is 3.85. The molecular formula is C27H22FN5O2. The van der Waals surface area contributed by atoms with Gasteiger partial charge in [0.1, 0.15) is 29.6 Å². The van der Waals surface area contributed by atoms with E-state index in [0.717, 1.165) is 16.7 Å². The van der Waals surface area contributed by atoms with Crippen molar-refractivity contribution < 1.29 is 14.0 Å². The summed E-state index contributed by atoms with van der Waals surface area (Å²) >= 11 is 0. The quantitative estimate of drug-likeness (QED) is 0.450. The number of benzene rings is 3. The van der Waals surface area contributed by atoms with Crippen LogP contribution in [0.25, 0.3) is 16.8 Å². The smallest absolute Gasteiger partial charge is 0.248 e. The first kappa shape index (κ1) is 22.4. The fraction of sp³-hybridized carbons (Fsp3) is 0.111. The number of hydrogen-bond acceptors (Lipinski definition) is 5. The Hall–Kier alpha value is -4.43. The van der Waals surface area contributed by atoms with Crippen molar-refractivity contribution in [1.82, 2.24) is 14.9 Å². The molecule has 174 valence electrons. The number of hydrogen-bond donors (Lipinski definition) is 2. The molecule has 0 saturated heterocycles. The number of aliphatic imine (C=N–C) groups is 1. The van der Waals surface area contributed by atoms with E-state index in [2.05, 4.69) is 15.3 Å². The Morgan fingerprint density at radius 1 is 1.11 bits per heavy atom. The highest BCUT2D eigenvalue weighted by Crippen LogP contribution is 2.33. The van der Waals surface area contributed by atoms with E-state index in [-0.39, 0.29) is 17.0 Å². The molecule has 3 aromatic carbocycles. The zero-order chi connectivity index (χ0) is 24.5. The summed E-state index contributed by atoms with van der Waals surface area (Å²) in [5.74, 6) is -1.47. The summed E-state index contributed by atoms with van der Waals surface area (Å²) in [6.07, 6.45) is 2.96. The Kier molecular flexibility index (Phi) is 5.80. The molecule has 3 N–H and O–H groups in total. The van der Waals surface area contributed by atoms with Crippen molar-refractivity contribution in [2.45, 2.75) is 12.6 Å². The van der Waals surface area contributed by atoms with E-state index in [0.29, 0.717) is 23.5 Å². The lowest BCUT2D eigenvalue weighted by molar-refractivity contribution is 0.0951. The first-order valence-corrected chi connectivity index (χ1v) is 11.0. The monoisotopic (exact) mass is 467 g/mol. The van der Waals surface area contributed by atoms with E-state index in [1.165, 1.54) is 18.6 Å². The zero-order valence-corrected chi connectivity index (χ0v) is 18.9. The molecule has 0 saturated carbocycles. The van der Waals surface area contributed by atoms with E-state index in [1.54, 1.807) is 41.0 Å². The molecule has 35 heavy (non-hydrogen) atoms. The SMILES string of the molecule is CNCc1ccccc1-c1ccc(C2N=Cc3ncn(-c4cccc(C(N)=O)c4)c3C2=O)c(F)c1. The Labute approximate surface area is 201 Å². The van der Waals surface area contributed by atoms with E-state index in [9.17, 15) is 9.59 Å². The van der Waals surface area contributed by atoms with Gasteiger partial charge in [-0.1, -0.05) is 42.5 Å². The van der Waals surface area contributed by atoms with Crippen LogP contribution in [0.4, 0.5) is 4.39 Å². The number of aromatic nitrogens is 2. The van der Waals surface area contributed by atoms with Crippen LogP contribution in [-0.4, -0.2) is 34.5 Å². The number of rotatable bonds is 6. The largest absolute Gasteiger partial charge is 0.366 e. The number of halogens is 1. The molecule has 0 bridgehead atoms. The Balaban J connectivity index is 1.51. The Morgan fingerprint density at radius 3 is 2.71 bits per heavy atom. The van der Waals surface area contributed by atoms with Crippen LogP contribution in [0.5, 0.6) is 0 Å². The van der Waals surface area contributed by atoms with Gasteiger partial charge in [-0.05, 0) is 48.0 Å². The number of ketones is 1. The van der Waals surface area contributed by atoms with Crippen molar-refractivity contribution in [2.75, 3.05) is 7.05 Å². The molecule has 2 heterocycles. The van der Waals surface area contributed by atoms with Gasteiger partial charge < -0.3 is 11.1 Å². The third kappa shape index (κ3) is 4.04. The van der Waals surface area contributed by atoms with Gasteiger partial charge in [-0.25, -0.2) is 9.37 Å². The fourth-order valence-corrected chi connectivity index (χ4v) is 4.33. The summed E-state index contributed by atoms with van der Waals surface area (Å²) in [5.41, 5.74) is 9.78. The van der Waals surface area contributed by atoms with Crippen LogP contribution in [0.3, 0.4) is 0 Å². The highest BCUT2D eigenvalue weighted by molar-refractivity contribution is 6.09. The fourth-order valence-electron chi connectivity index (χ4n) is 4.33. The minimum atomic E-state index is -1.04. The lowest BCUT2D eigenvalue weighted by atomic mass is 9.93. The summed E-state index contributed by atoms with van der Waals surface area (Å²) in [6, 6.07) is 18.2. The van der Waals surface area contributed by atoms with Gasteiger partial charge in [0.15, 0.2) is 0 Å². The lowest BCUT2D eigenvalue weighted by Gasteiger charge is -2.19. The second kappa shape index (κ2) is 9.08. The number of amides is 1. The number of imidazole rings is 1. The van der Waals surface area contributed by atoms with Crippen LogP contribution < -0.4 is 11.1 Å². The van der Waals surface area contributed by atoms with Crippen molar-refractivity contribution in [3.63, 3.8) is 0 Å². The van der Waals surface area contributed by atoms with Gasteiger partial charge >= 0.3 is 0 Å². The van der Waals surface area contributed by atoms with Gasteiger partial charge in [0.25, 0.3) is 0 Å². The highest BCUT2D eigenvalue weighted by atomic mass is 19.1. The number of primary amides is 1. The number of fused-ring (bicyclic) bond motifs is 1. The minimum absolute atomic E-state index is 0.186. The molecule has 1 amide bonds. The maximum atomic E-state index is 15.4. The molecule has 7 nitrogen and oxygen atoms in total. The van der Waals surface area contributed by atoms with Crippen LogP contribution in [0.2, 0.25) is 0 Å². The average Bonchev–Trinajstić information content (AvgIpc) is 3.30. The van der Waals surface area contributed by atoms with Crippen molar-refractivity contribution in [3.8, 4) is 16.8 Å². The summed E-state index contributed by atoms with van der Waals surface area (Å²) in [7, 11) is 1.86. The first-order valence-electron chi connectivity index (χ1n) is 11.0. The van der Waals surface area contributed by atoms with Crippen molar-refractivity contribution >= 4 is 17.9 Å². The Bertz CT molecular complexity index is 1490. The van der Waals surface area contributed by atoms with Gasteiger partial charge in [0.05, 0.1) is 6.21 Å². The highest BCUT2D eigenvalue weighted by Gasteiger charge is 2.32. The topological polar surface area (TPSA) is 102 Å². The number of nitrogens with one attached hydrogen (secondary N) is 1. The second-order valence-corrected chi connectivity index (χ2v) is 8.23. The molecule has 0 aliphatic carbocycles. The van der Waals surface area contributed by atoms with Crippen molar-refractivity contribution in [1.29, 1.82) is 0 Å². The molecule has 1 aromatic heterocycles. The number of nitrogens with zero attached hydrogens (tertiary/aromatic N) is 3. The maximum absolute atomic E-state index is 15.4. The molecule has 1 aliphatic rings. The molecule has 8 heteroatoms. The maximum Gasteiger partial charge on any atom is 0.248 e. The molecule has 5 rings (SSSR count). The molecule has 1 atom stereocenters.